The third kappa shape index (κ3) is 4.61. The summed E-state index contributed by atoms with van der Waals surface area (Å²) in [6, 6.07) is 0. The van der Waals surface area contributed by atoms with E-state index in [-0.39, 0.29) is 5.91 Å². The van der Waals surface area contributed by atoms with Gasteiger partial charge in [0.1, 0.15) is 11.6 Å². The lowest BCUT2D eigenvalue weighted by molar-refractivity contribution is -0.129. The van der Waals surface area contributed by atoms with Crippen LogP contribution in [0, 0.1) is 0 Å². The van der Waals surface area contributed by atoms with E-state index in [0.717, 1.165) is 69.2 Å². The maximum atomic E-state index is 11.5. The Morgan fingerprint density at radius 2 is 1.83 bits per heavy atom. The molecule has 4 heterocycles. The van der Waals surface area contributed by atoms with Crippen LogP contribution < -0.4 is 0 Å². The summed E-state index contributed by atoms with van der Waals surface area (Å²) in [4.78, 5) is 34.4. The van der Waals surface area contributed by atoms with Gasteiger partial charge in [0.25, 0.3) is 0 Å². The summed E-state index contributed by atoms with van der Waals surface area (Å²) in [7, 11) is 0. The molecule has 154 valence electrons. The first-order chi connectivity index (χ1) is 14.0. The number of hydrogen-bond donors (Lipinski definition) is 0. The fourth-order valence-corrected chi connectivity index (χ4v) is 4.18. The van der Waals surface area contributed by atoms with Gasteiger partial charge in [-0.2, -0.15) is 0 Å². The molecule has 2 aliphatic rings. The lowest BCUT2D eigenvalue weighted by Crippen LogP contribution is -2.37. The van der Waals surface area contributed by atoms with Gasteiger partial charge in [-0.25, -0.2) is 19.9 Å². The van der Waals surface area contributed by atoms with E-state index in [2.05, 4.69) is 28.7 Å². The van der Waals surface area contributed by atoms with Crippen LogP contribution in [-0.4, -0.2) is 55.3 Å². The molecular weight excluding hydrogens is 364 g/mol. The molecule has 7 heteroatoms. The number of rotatable bonds is 4. The quantitative estimate of drug-likeness (QED) is 0.794. The Labute approximate surface area is 172 Å². The SMILES string of the molecule is CC(=O)N1CCC(c2ncc3c(n2)CCN(Cc2cnc(C(C)C)nc2)C3)CC1. The van der Waals surface area contributed by atoms with E-state index < -0.39 is 0 Å². The van der Waals surface area contributed by atoms with Crippen LogP contribution in [-0.2, 0) is 24.3 Å². The molecule has 0 atom stereocenters. The summed E-state index contributed by atoms with van der Waals surface area (Å²) >= 11 is 0. The van der Waals surface area contributed by atoms with E-state index in [1.165, 1.54) is 11.3 Å². The fraction of sp³-hybridized carbons (Fsp3) is 0.591. The number of carbonyl (C=O) groups is 1. The highest BCUT2D eigenvalue weighted by molar-refractivity contribution is 5.73. The van der Waals surface area contributed by atoms with Crippen molar-refractivity contribution in [3.05, 3.63) is 47.1 Å². The topological polar surface area (TPSA) is 75.1 Å². The zero-order valence-electron chi connectivity index (χ0n) is 17.6. The van der Waals surface area contributed by atoms with Gasteiger partial charge in [-0.3, -0.25) is 9.69 Å². The number of nitrogens with zero attached hydrogens (tertiary/aromatic N) is 6. The normalized spacial score (nSPS) is 18.1. The Balaban J connectivity index is 1.37. The van der Waals surface area contributed by atoms with Gasteiger partial charge in [-0.05, 0) is 12.8 Å². The molecule has 0 aliphatic carbocycles. The molecule has 0 bridgehead atoms. The van der Waals surface area contributed by atoms with E-state index in [9.17, 15) is 4.79 Å². The number of hydrogen-bond acceptors (Lipinski definition) is 6. The van der Waals surface area contributed by atoms with Crippen molar-refractivity contribution in [2.75, 3.05) is 19.6 Å². The van der Waals surface area contributed by atoms with Gasteiger partial charge in [0.2, 0.25) is 5.91 Å². The summed E-state index contributed by atoms with van der Waals surface area (Å²) < 4.78 is 0. The molecule has 0 spiro atoms. The monoisotopic (exact) mass is 394 g/mol. The molecule has 2 aliphatic heterocycles. The zero-order valence-corrected chi connectivity index (χ0v) is 17.6. The Hall–Kier alpha value is -2.41. The minimum Gasteiger partial charge on any atom is -0.343 e. The maximum Gasteiger partial charge on any atom is 0.219 e. The first kappa shape index (κ1) is 19.9. The number of fused-ring (bicyclic) bond motifs is 1. The number of carbonyl (C=O) groups excluding carboxylic acids is 1. The van der Waals surface area contributed by atoms with Crippen molar-refractivity contribution >= 4 is 5.91 Å². The van der Waals surface area contributed by atoms with Crippen LogP contribution in [0.25, 0.3) is 0 Å². The molecule has 0 radical (unpaired) electrons. The number of amides is 1. The lowest BCUT2D eigenvalue weighted by atomic mass is 9.95. The van der Waals surface area contributed by atoms with Crippen LogP contribution in [0.3, 0.4) is 0 Å². The number of likely N-dealkylation sites (tertiary alicyclic amines) is 1. The van der Waals surface area contributed by atoms with Crippen molar-refractivity contribution in [1.82, 2.24) is 29.7 Å². The minimum atomic E-state index is 0.166. The molecule has 7 nitrogen and oxygen atoms in total. The smallest absolute Gasteiger partial charge is 0.219 e. The second-order valence-electron chi connectivity index (χ2n) is 8.55. The molecule has 4 rings (SSSR count). The Bertz CT molecular complexity index is 858. The highest BCUT2D eigenvalue weighted by Gasteiger charge is 2.26. The van der Waals surface area contributed by atoms with Crippen molar-refractivity contribution in [3.8, 4) is 0 Å². The molecule has 1 saturated heterocycles. The molecule has 2 aromatic rings. The highest BCUT2D eigenvalue weighted by atomic mass is 16.2. The van der Waals surface area contributed by atoms with E-state index in [4.69, 9.17) is 9.97 Å². The van der Waals surface area contributed by atoms with Crippen LogP contribution in [0.4, 0.5) is 0 Å². The summed E-state index contributed by atoms with van der Waals surface area (Å²) in [5, 5.41) is 0. The van der Waals surface area contributed by atoms with Gasteiger partial charge < -0.3 is 4.90 Å². The second kappa shape index (κ2) is 8.53. The average Bonchev–Trinajstić information content (AvgIpc) is 2.74. The first-order valence-electron chi connectivity index (χ1n) is 10.6. The predicted octanol–water partition coefficient (Wildman–Crippen LogP) is 2.67. The van der Waals surface area contributed by atoms with Crippen LogP contribution in [0.1, 0.15) is 73.9 Å². The third-order valence-electron chi connectivity index (χ3n) is 5.98. The summed E-state index contributed by atoms with van der Waals surface area (Å²) in [5.74, 6) is 2.74. The standard InChI is InChI=1S/C22H30N6O/c1-15(2)21-23-10-17(11-24-21)13-27-7-6-20-19(14-27)12-25-22(26-20)18-4-8-28(9-5-18)16(3)29/h10-12,15,18H,4-9,13-14H2,1-3H3. The van der Waals surface area contributed by atoms with Gasteiger partial charge in [-0.1, -0.05) is 13.8 Å². The van der Waals surface area contributed by atoms with E-state index in [1.54, 1.807) is 6.92 Å². The van der Waals surface area contributed by atoms with E-state index in [0.29, 0.717) is 11.8 Å². The Morgan fingerprint density at radius 1 is 1.10 bits per heavy atom. The molecule has 2 aromatic heterocycles. The average molecular weight is 395 g/mol. The minimum absolute atomic E-state index is 0.166. The predicted molar refractivity (Wildman–Crippen MR) is 110 cm³/mol. The maximum absolute atomic E-state index is 11.5. The second-order valence-corrected chi connectivity index (χ2v) is 8.55. The first-order valence-corrected chi connectivity index (χ1v) is 10.6. The molecule has 1 amide bonds. The van der Waals surface area contributed by atoms with Crippen molar-refractivity contribution in [1.29, 1.82) is 0 Å². The van der Waals surface area contributed by atoms with E-state index in [1.807, 2.05) is 23.5 Å². The zero-order chi connectivity index (χ0) is 20.4. The number of aromatic nitrogens is 4. The molecule has 29 heavy (non-hydrogen) atoms. The molecule has 0 aromatic carbocycles. The highest BCUT2D eigenvalue weighted by Crippen LogP contribution is 2.27. The van der Waals surface area contributed by atoms with Gasteiger partial charge >= 0.3 is 0 Å². The van der Waals surface area contributed by atoms with E-state index >= 15 is 0 Å². The number of piperidine rings is 1. The fourth-order valence-electron chi connectivity index (χ4n) is 4.18. The lowest BCUT2D eigenvalue weighted by Gasteiger charge is -2.32. The van der Waals surface area contributed by atoms with Crippen LogP contribution in [0.2, 0.25) is 0 Å². The van der Waals surface area contributed by atoms with Gasteiger partial charge in [-0.15, -0.1) is 0 Å². The molecule has 1 fully saturated rings. The molecule has 0 saturated carbocycles. The van der Waals surface area contributed by atoms with Crippen molar-refractivity contribution in [3.63, 3.8) is 0 Å². The molecule has 0 unspecified atom stereocenters. The Kier molecular flexibility index (Phi) is 5.85. The van der Waals surface area contributed by atoms with Crippen molar-refractivity contribution in [2.24, 2.45) is 0 Å². The van der Waals surface area contributed by atoms with Crippen molar-refractivity contribution < 1.29 is 4.79 Å². The third-order valence-corrected chi connectivity index (χ3v) is 5.98. The van der Waals surface area contributed by atoms with Crippen molar-refractivity contribution in [2.45, 2.75) is 65.0 Å². The van der Waals surface area contributed by atoms with Crippen LogP contribution in [0.5, 0.6) is 0 Å². The Morgan fingerprint density at radius 3 is 2.48 bits per heavy atom. The van der Waals surface area contributed by atoms with Crippen LogP contribution in [0.15, 0.2) is 18.6 Å². The van der Waals surface area contributed by atoms with Gasteiger partial charge in [0.15, 0.2) is 0 Å². The van der Waals surface area contributed by atoms with Gasteiger partial charge in [0, 0.05) is 93.3 Å². The van der Waals surface area contributed by atoms with Gasteiger partial charge in [0.05, 0.1) is 0 Å². The molecular formula is C22H30N6O. The summed E-state index contributed by atoms with van der Waals surface area (Å²) in [6.07, 6.45) is 8.77. The largest absolute Gasteiger partial charge is 0.343 e. The summed E-state index contributed by atoms with van der Waals surface area (Å²) in [6.45, 7) is 10.2. The molecule has 0 N–H and O–H groups in total. The van der Waals surface area contributed by atoms with Crippen LogP contribution >= 0.6 is 0 Å². The summed E-state index contributed by atoms with van der Waals surface area (Å²) in [5.41, 5.74) is 3.56.